The third-order valence-electron chi connectivity index (χ3n) is 4.84. The summed E-state index contributed by atoms with van der Waals surface area (Å²) in [6, 6.07) is -0.835. The van der Waals surface area contributed by atoms with Gasteiger partial charge in [-0.2, -0.15) is 0 Å². The fourth-order valence-electron chi connectivity index (χ4n) is 3.97. The lowest BCUT2D eigenvalue weighted by molar-refractivity contribution is -0.153. The minimum Gasteiger partial charge on any atom is -0.373 e. The molecule has 7 heteroatoms. The first-order valence-electron chi connectivity index (χ1n) is 6.94. The average Bonchev–Trinajstić information content (AvgIpc) is 3.06. The van der Waals surface area contributed by atoms with Gasteiger partial charge in [0.15, 0.2) is 0 Å². The summed E-state index contributed by atoms with van der Waals surface area (Å²) >= 11 is 0. The van der Waals surface area contributed by atoms with E-state index in [1.165, 1.54) is 0 Å². The molecule has 0 aromatic carbocycles. The van der Waals surface area contributed by atoms with Crippen LogP contribution in [0.2, 0.25) is 0 Å². The SMILES string of the molecule is O=C1CCC(N2C(=O)[C@@H]3[C@H](C2=O)[C@H]2CC[C@@H]3O2)C(=O)N1. The maximum Gasteiger partial charge on any atom is 0.249 e. The number of nitrogens with one attached hydrogen (secondary N) is 1. The number of fused-ring (bicyclic) bond motifs is 5. The number of amides is 4. The highest BCUT2D eigenvalue weighted by molar-refractivity contribution is 6.11. The van der Waals surface area contributed by atoms with Gasteiger partial charge < -0.3 is 4.74 Å². The third kappa shape index (κ3) is 1.38. The first-order valence-corrected chi connectivity index (χ1v) is 6.94. The molecule has 0 aliphatic carbocycles. The Bertz CT molecular complexity index is 517. The van der Waals surface area contributed by atoms with Gasteiger partial charge in [0.2, 0.25) is 23.6 Å². The molecular formula is C13H14N2O5. The first-order chi connectivity index (χ1) is 9.58. The lowest BCUT2D eigenvalue weighted by Crippen LogP contribution is -2.55. The van der Waals surface area contributed by atoms with Gasteiger partial charge >= 0.3 is 0 Å². The molecule has 4 aliphatic heterocycles. The van der Waals surface area contributed by atoms with E-state index in [9.17, 15) is 19.2 Å². The van der Waals surface area contributed by atoms with Crippen LogP contribution in [0.5, 0.6) is 0 Å². The molecule has 4 saturated heterocycles. The Kier molecular flexibility index (Phi) is 2.33. The van der Waals surface area contributed by atoms with Crippen molar-refractivity contribution in [3.63, 3.8) is 0 Å². The van der Waals surface area contributed by atoms with Crippen molar-refractivity contribution < 1.29 is 23.9 Å². The van der Waals surface area contributed by atoms with E-state index in [0.29, 0.717) is 0 Å². The van der Waals surface area contributed by atoms with Gasteiger partial charge in [0.05, 0.1) is 24.0 Å². The number of piperidine rings is 1. The van der Waals surface area contributed by atoms with Gasteiger partial charge in [0.1, 0.15) is 6.04 Å². The fourth-order valence-corrected chi connectivity index (χ4v) is 3.97. The van der Waals surface area contributed by atoms with Crippen molar-refractivity contribution in [2.45, 2.75) is 43.9 Å². The molecule has 0 spiro atoms. The van der Waals surface area contributed by atoms with E-state index in [1.807, 2.05) is 0 Å². The largest absolute Gasteiger partial charge is 0.373 e. The summed E-state index contributed by atoms with van der Waals surface area (Å²) < 4.78 is 5.64. The van der Waals surface area contributed by atoms with E-state index >= 15 is 0 Å². The van der Waals surface area contributed by atoms with Crippen LogP contribution in [0.25, 0.3) is 0 Å². The second kappa shape index (κ2) is 3.88. The molecule has 4 fully saturated rings. The first kappa shape index (κ1) is 12.0. The van der Waals surface area contributed by atoms with Crippen molar-refractivity contribution in [3.05, 3.63) is 0 Å². The number of rotatable bonds is 1. The monoisotopic (exact) mass is 278 g/mol. The molecule has 4 amide bonds. The van der Waals surface area contributed by atoms with Crippen LogP contribution in [-0.4, -0.2) is 46.8 Å². The Balaban J connectivity index is 1.64. The molecule has 2 bridgehead atoms. The summed E-state index contributed by atoms with van der Waals surface area (Å²) in [4.78, 5) is 49.1. The molecule has 106 valence electrons. The van der Waals surface area contributed by atoms with Gasteiger partial charge in [-0.1, -0.05) is 0 Å². The number of hydrogen-bond acceptors (Lipinski definition) is 5. The minimum atomic E-state index is -0.835. The minimum absolute atomic E-state index is 0.159. The van der Waals surface area contributed by atoms with Crippen LogP contribution in [0.4, 0.5) is 0 Å². The Morgan fingerprint density at radius 1 is 0.950 bits per heavy atom. The van der Waals surface area contributed by atoms with E-state index < -0.39 is 23.8 Å². The van der Waals surface area contributed by atoms with Gasteiger partial charge in [0.25, 0.3) is 0 Å². The molecule has 4 aliphatic rings. The number of nitrogens with zero attached hydrogens (tertiary/aromatic N) is 1. The van der Waals surface area contributed by atoms with Crippen LogP contribution < -0.4 is 5.32 Å². The molecule has 1 unspecified atom stereocenters. The molecule has 5 atom stereocenters. The normalized spacial score (nSPS) is 43.2. The predicted molar refractivity (Wildman–Crippen MR) is 62.9 cm³/mol. The van der Waals surface area contributed by atoms with Gasteiger partial charge in [-0.25, -0.2) is 0 Å². The van der Waals surface area contributed by atoms with Crippen LogP contribution in [-0.2, 0) is 23.9 Å². The maximum absolute atomic E-state index is 12.5. The molecule has 7 nitrogen and oxygen atoms in total. The van der Waals surface area contributed by atoms with Crippen LogP contribution >= 0.6 is 0 Å². The lowest BCUT2D eigenvalue weighted by atomic mass is 9.81. The maximum atomic E-state index is 12.5. The van der Waals surface area contributed by atoms with Crippen molar-refractivity contribution in [2.24, 2.45) is 11.8 Å². The third-order valence-corrected chi connectivity index (χ3v) is 4.84. The Morgan fingerprint density at radius 3 is 2.10 bits per heavy atom. The summed E-state index contributed by atoms with van der Waals surface area (Å²) in [5, 5.41) is 2.20. The predicted octanol–water partition coefficient (Wildman–Crippen LogP) is -1.05. The molecule has 20 heavy (non-hydrogen) atoms. The smallest absolute Gasteiger partial charge is 0.249 e. The van der Waals surface area contributed by atoms with Crippen molar-refractivity contribution in [1.82, 2.24) is 10.2 Å². The van der Waals surface area contributed by atoms with Crippen LogP contribution in [0.1, 0.15) is 25.7 Å². The second-order valence-corrected chi connectivity index (χ2v) is 5.86. The standard InChI is InChI=1S/C13H14N2O5/c16-8-4-1-5(11(17)14-8)15-12(18)9-6-2-3-7(20-6)10(9)13(15)19/h5-7,9-10H,1-4H2,(H,14,16,17)/t5?,6-,7+,9-,10+. The molecule has 0 saturated carbocycles. The topological polar surface area (TPSA) is 92.8 Å². The fraction of sp³-hybridized carbons (Fsp3) is 0.692. The summed E-state index contributed by atoms with van der Waals surface area (Å²) in [5.41, 5.74) is 0. The summed E-state index contributed by atoms with van der Waals surface area (Å²) in [6.07, 6.45) is 1.62. The van der Waals surface area contributed by atoms with E-state index in [-0.39, 0.29) is 42.8 Å². The van der Waals surface area contributed by atoms with Crippen molar-refractivity contribution >= 4 is 23.6 Å². The van der Waals surface area contributed by atoms with Crippen molar-refractivity contribution in [2.75, 3.05) is 0 Å². The zero-order chi connectivity index (χ0) is 14.0. The van der Waals surface area contributed by atoms with Crippen molar-refractivity contribution in [3.8, 4) is 0 Å². The van der Waals surface area contributed by atoms with E-state index in [4.69, 9.17) is 4.74 Å². The lowest BCUT2D eigenvalue weighted by Gasteiger charge is -2.29. The van der Waals surface area contributed by atoms with E-state index in [1.54, 1.807) is 0 Å². The highest BCUT2D eigenvalue weighted by Crippen LogP contribution is 2.49. The van der Waals surface area contributed by atoms with Gasteiger partial charge in [0, 0.05) is 6.42 Å². The van der Waals surface area contributed by atoms with Crippen LogP contribution in [0.3, 0.4) is 0 Å². The number of imide groups is 2. The number of carbonyl (C=O) groups is 4. The zero-order valence-corrected chi connectivity index (χ0v) is 10.7. The molecule has 0 radical (unpaired) electrons. The summed E-state index contributed by atoms with van der Waals surface area (Å²) in [5.74, 6) is -2.35. The molecule has 0 aromatic heterocycles. The number of hydrogen-bond donors (Lipinski definition) is 1. The molecule has 4 rings (SSSR count). The Morgan fingerprint density at radius 2 is 1.55 bits per heavy atom. The Hall–Kier alpha value is -1.76. The molecule has 1 N–H and O–H groups in total. The van der Waals surface area contributed by atoms with Gasteiger partial charge in [-0.15, -0.1) is 0 Å². The number of carbonyl (C=O) groups excluding carboxylic acids is 4. The summed E-state index contributed by atoms with van der Waals surface area (Å²) in [7, 11) is 0. The zero-order valence-electron chi connectivity index (χ0n) is 10.7. The highest BCUT2D eigenvalue weighted by atomic mass is 16.5. The van der Waals surface area contributed by atoms with Gasteiger partial charge in [-0.3, -0.25) is 29.4 Å². The molecule has 0 aromatic rings. The second-order valence-electron chi connectivity index (χ2n) is 5.86. The number of likely N-dealkylation sites (tertiary alicyclic amines) is 1. The van der Waals surface area contributed by atoms with Crippen LogP contribution in [0.15, 0.2) is 0 Å². The molecular weight excluding hydrogens is 264 g/mol. The quantitative estimate of drug-likeness (QED) is 0.618. The molecule has 4 heterocycles. The number of ether oxygens (including phenoxy) is 1. The highest BCUT2D eigenvalue weighted by Gasteiger charge is 2.64. The van der Waals surface area contributed by atoms with E-state index in [2.05, 4.69) is 5.32 Å². The van der Waals surface area contributed by atoms with Crippen molar-refractivity contribution in [1.29, 1.82) is 0 Å². The van der Waals surface area contributed by atoms with Crippen LogP contribution in [0, 0.1) is 11.8 Å². The average molecular weight is 278 g/mol. The van der Waals surface area contributed by atoms with Gasteiger partial charge in [-0.05, 0) is 19.3 Å². The summed E-state index contributed by atoms with van der Waals surface area (Å²) in [6.45, 7) is 0. The Labute approximate surface area is 114 Å². The van der Waals surface area contributed by atoms with E-state index in [0.717, 1.165) is 17.7 Å².